The van der Waals surface area contributed by atoms with Gasteiger partial charge >= 0.3 is 0 Å². The third-order valence-electron chi connectivity index (χ3n) is 5.70. The predicted molar refractivity (Wildman–Crippen MR) is 112 cm³/mol. The molecule has 0 aliphatic carbocycles. The number of anilines is 2. The van der Waals surface area contributed by atoms with Gasteiger partial charge < -0.3 is 5.32 Å². The van der Waals surface area contributed by atoms with Crippen molar-refractivity contribution in [2.75, 3.05) is 16.8 Å². The first-order valence-electron chi connectivity index (χ1n) is 9.76. The van der Waals surface area contributed by atoms with Gasteiger partial charge in [0, 0.05) is 5.69 Å². The molecule has 1 N–H and O–H groups in total. The highest BCUT2D eigenvalue weighted by molar-refractivity contribution is 6.25. The van der Waals surface area contributed by atoms with E-state index in [1.54, 1.807) is 12.1 Å². The summed E-state index contributed by atoms with van der Waals surface area (Å²) in [6, 6.07) is 9.23. The van der Waals surface area contributed by atoms with Crippen molar-refractivity contribution in [3.05, 3.63) is 58.7 Å². The summed E-state index contributed by atoms with van der Waals surface area (Å²) in [4.78, 5) is 39.5. The molecule has 0 radical (unpaired) electrons. The van der Waals surface area contributed by atoms with E-state index in [4.69, 9.17) is 0 Å². The number of carbonyl (C=O) groups is 3. The molecule has 0 saturated carbocycles. The maximum atomic E-state index is 13.0. The Kier molecular flexibility index (Phi) is 4.85. The van der Waals surface area contributed by atoms with Gasteiger partial charge in [-0.05, 0) is 74.2 Å². The van der Waals surface area contributed by atoms with Crippen LogP contribution in [0.15, 0.2) is 46.7 Å². The summed E-state index contributed by atoms with van der Waals surface area (Å²) in [7, 11) is 0. The first kappa shape index (κ1) is 19.8. The van der Waals surface area contributed by atoms with Crippen molar-refractivity contribution < 1.29 is 14.4 Å². The molecule has 8 heteroatoms. The Morgan fingerprint density at radius 3 is 2.27 bits per heavy atom. The van der Waals surface area contributed by atoms with Crippen molar-refractivity contribution in [2.45, 2.75) is 39.8 Å². The quantitative estimate of drug-likeness (QED) is 0.792. The number of carbonyl (C=O) groups excluding carboxylic acids is 3. The average Bonchev–Trinajstić information content (AvgIpc) is 3.21. The summed E-state index contributed by atoms with van der Waals surface area (Å²) in [5.74, 6) is -1.17. The number of aryl methyl sites for hydroxylation is 4. The molecule has 2 heterocycles. The van der Waals surface area contributed by atoms with E-state index in [0.717, 1.165) is 27.2 Å². The largest absolute Gasteiger partial charge is 0.324 e. The maximum Gasteiger partial charge on any atom is 0.263 e. The minimum absolute atomic E-state index is 0.169. The van der Waals surface area contributed by atoms with Crippen molar-refractivity contribution in [2.24, 2.45) is 10.3 Å². The maximum absolute atomic E-state index is 13.0. The molecule has 2 aliphatic heterocycles. The summed E-state index contributed by atoms with van der Waals surface area (Å²) < 4.78 is 0. The SMILES string of the molecule is Cc1ccc(NC(=O)CN2N=N[C@H]3C(=O)N(c4ccc(C)c(C)c4)C(=O)[C@@H]32)cc1C. The number of fused-ring (bicyclic) bond motifs is 1. The minimum atomic E-state index is -0.923. The summed E-state index contributed by atoms with van der Waals surface area (Å²) in [5, 5.41) is 12.0. The van der Waals surface area contributed by atoms with E-state index in [0.29, 0.717) is 11.4 Å². The second-order valence-electron chi connectivity index (χ2n) is 7.82. The number of nitrogens with zero attached hydrogens (tertiary/aromatic N) is 4. The predicted octanol–water partition coefficient (Wildman–Crippen LogP) is 2.85. The molecule has 0 unspecified atom stereocenters. The van der Waals surface area contributed by atoms with Crippen LogP contribution in [0.2, 0.25) is 0 Å². The second-order valence-corrected chi connectivity index (χ2v) is 7.82. The second kappa shape index (κ2) is 7.37. The van der Waals surface area contributed by atoms with Gasteiger partial charge in [0.1, 0.15) is 6.54 Å². The molecule has 8 nitrogen and oxygen atoms in total. The van der Waals surface area contributed by atoms with Gasteiger partial charge in [0.15, 0.2) is 12.1 Å². The van der Waals surface area contributed by atoms with Gasteiger partial charge in [0.25, 0.3) is 11.8 Å². The fraction of sp³-hybridized carbons (Fsp3) is 0.318. The third-order valence-corrected chi connectivity index (χ3v) is 5.70. The van der Waals surface area contributed by atoms with Crippen LogP contribution in [-0.2, 0) is 14.4 Å². The van der Waals surface area contributed by atoms with Gasteiger partial charge in [-0.25, -0.2) is 4.90 Å². The van der Waals surface area contributed by atoms with Crippen LogP contribution >= 0.6 is 0 Å². The molecular weight excluding hydrogens is 382 g/mol. The summed E-state index contributed by atoms with van der Waals surface area (Å²) in [5.41, 5.74) is 5.43. The van der Waals surface area contributed by atoms with E-state index in [2.05, 4.69) is 15.7 Å². The van der Waals surface area contributed by atoms with Gasteiger partial charge in [0.2, 0.25) is 5.91 Å². The van der Waals surface area contributed by atoms with Crippen LogP contribution in [0.5, 0.6) is 0 Å². The van der Waals surface area contributed by atoms with Gasteiger partial charge in [0.05, 0.1) is 5.69 Å². The van der Waals surface area contributed by atoms with E-state index in [1.807, 2.05) is 52.0 Å². The fourth-order valence-electron chi connectivity index (χ4n) is 3.64. The van der Waals surface area contributed by atoms with Crippen LogP contribution in [0.1, 0.15) is 22.3 Å². The molecular formula is C22H23N5O3. The molecule has 30 heavy (non-hydrogen) atoms. The smallest absolute Gasteiger partial charge is 0.263 e. The highest BCUT2D eigenvalue weighted by Crippen LogP contribution is 2.32. The Morgan fingerprint density at radius 2 is 1.60 bits per heavy atom. The average molecular weight is 405 g/mol. The van der Waals surface area contributed by atoms with Crippen LogP contribution in [0, 0.1) is 27.7 Å². The molecule has 0 bridgehead atoms. The monoisotopic (exact) mass is 405 g/mol. The van der Waals surface area contributed by atoms with E-state index in [9.17, 15) is 14.4 Å². The Labute approximate surface area is 174 Å². The lowest BCUT2D eigenvalue weighted by Crippen LogP contribution is -2.43. The molecule has 2 aromatic rings. The van der Waals surface area contributed by atoms with Crippen molar-refractivity contribution in [1.82, 2.24) is 5.01 Å². The van der Waals surface area contributed by atoms with Crippen LogP contribution in [0.25, 0.3) is 0 Å². The Balaban J connectivity index is 1.49. The number of hydrogen-bond acceptors (Lipinski definition) is 6. The van der Waals surface area contributed by atoms with Crippen LogP contribution in [-0.4, -0.2) is 41.4 Å². The van der Waals surface area contributed by atoms with E-state index in [-0.39, 0.29) is 12.5 Å². The summed E-state index contributed by atoms with van der Waals surface area (Å²) in [6.07, 6.45) is 0. The Bertz CT molecular complexity index is 1090. The van der Waals surface area contributed by atoms with Crippen molar-refractivity contribution >= 4 is 29.1 Å². The molecule has 2 aliphatic rings. The van der Waals surface area contributed by atoms with E-state index >= 15 is 0 Å². The normalized spacial score (nSPS) is 20.1. The molecule has 4 rings (SSSR count). The van der Waals surface area contributed by atoms with E-state index < -0.39 is 23.9 Å². The molecule has 1 saturated heterocycles. The highest BCUT2D eigenvalue weighted by atomic mass is 16.2. The zero-order chi connectivity index (χ0) is 21.6. The van der Waals surface area contributed by atoms with E-state index in [1.165, 1.54) is 5.01 Å². The molecule has 2 aromatic carbocycles. The third kappa shape index (κ3) is 3.34. The number of benzene rings is 2. The topological polar surface area (TPSA) is 94.4 Å². The summed E-state index contributed by atoms with van der Waals surface area (Å²) >= 11 is 0. The number of rotatable bonds is 4. The Morgan fingerprint density at radius 1 is 0.933 bits per heavy atom. The molecule has 2 atom stereocenters. The van der Waals surface area contributed by atoms with Gasteiger partial charge in [-0.3, -0.25) is 19.4 Å². The first-order valence-corrected chi connectivity index (χ1v) is 9.76. The molecule has 1 fully saturated rings. The standard InChI is InChI=1S/C22H23N5O3/c1-12-5-7-16(9-14(12)3)23-18(28)11-26-20-19(24-25-26)21(29)27(22(20)30)17-8-6-13(2)15(4)10-17/h5-10,19-20H,11H2,1-4H3,(H,23,28)/t19-,20-/m1/s1. The lowest BCUT2D eigenvalue weighted by molar-refractivity contribution is -0.123. The summed E-state index contributed by atoms with van der Waals surface area (Å²) in [6.45, 7) is 7.68. The number of amides is 3. The zero-order valence-electron chi connectivity index (χ0n) is 17.3. The minimum Gasteiger partial charge on any atom is -0.324 e. The van der Waals surface area contributed by atoms with Crippen LogP contribution in [0.3, 0.4) is 0 Å². The molecule has 0 aromatic heterocycles. The molecule has 3 amide bonds. The number of nitrogens with one attached hydrogen (secondary N) is 1. The zero-order valence-corrected chi connectivity index (χ0v) is 17.3. The van der Waals surface area contributed by atoms with Gasteiger partial charge in [-0.15, -0.1) is 0 Å². The highest BCUT2D eigenvalue weighted by Gasteiger charge is 2.55. The van der Waals surface area contributed by atoms with Gasteiger partial charge in [-0.2, -0.15) is 5.11 Å². The molecule has 154 valence electrons. The van der Waals surface area contributed by atoms with Crippen LogP contribution < -0.4 is 10.2 Å². The Hall–Kier alpha value is -3.55. The molecule has 0 spiro atoms. The lowest BCUT2D eigenvalue weighted by atomic mass is 10.1. The number of hydrogen-bond donors (Lipinski definition) is 1. The van der Waals surface area contributed by atoms with Crippen LogP contribution in [0.4, 0.5) is 11.4 Å². The lowest BCUT2D eigenvalue weighted by Gasteiger charge is -2.20. The van der Waals surface area contributed by atoms with Crippen molar-refractivity contribution in [1.29, 1.82) is 0 Å². The van der Waals surface area contributed by atoms with Gasteiger partial charge in [-0.1, -0.05) is 17.4 Å². The number of imide groups is 1. The van der Waals surface area contributed by atoms with Crippen molar-refractivity contribution in [3.8, 4) is 0 Å². The fourth-order valence-corrected chi connectivity index (χ4v) is 3.64. The first-order chi connectivity index (χ1) is 14.3. The van der Waals surface area contributed by atoms with Crippen molar-refractivity contribution in [3.63, 3.8) is 0 Å².